The molecule has 2 fully saturated rings. The fraction of sp³-hybridized carbons (Fsp3) is 0.695. The number of nitrogens with two attached hydrogens (primary N) is 6. The number of carbonyl (C=O) groups excluding carboxylic acids is 12. The predicted molar refractivity (Wildman–Crippen MR) is 349 cm³/mol. The molecule has 28 N–H and O–H groups in total. The number of aromatic nitrogens is 2. The molecule has 0 unspecified atom stereocenters. The lowest BCUT2D eigenvalue weighted by Crippen LogP contribution is -2.62. The van der Waals surface area contributed by atoms with E-state index in [2.05, 4.69) is 68.1 Å². The van der Waals surface area contributed by atoms with E-state index in [4.69, 9.17) is 34.4 Å². The average Bonchev–Trinajstić information content (AvgIpc) is 1.59. The largest absolute Gasteiger partial charge is 0.481 e. The molecule has 1 aromatic rings. The van der Waals surface area contributed by atoms with Crippen molar-refractivity contribution in [1.29, 1.82) is 0 Å². The van der Waals surface area contributed by atoms with Crippen LogP contribution < -0.4 is 92.9 Å². The normalized spacial score (nSPS) is 17.6. The summed E-state index contributed by atoms with van der Waals surface area (Å²) in [5.74, 6) is -15.0. The number of carboxylic acid groups (broad SMARTS) is 2. The zero-order chi connectivity index (χ0) is 73.0. The number of primary amides is 1. The molecule has 2 aliphatic heterocycles. The highest BCUT2D eigenvalue weighted by molar-refractivity contribution is 6.00. The third-order valence-electron chi connectivity index (χ3n) is 16.1. The van der Waals surface area contributed by atoms with Crippen LogP contribution in [0.1, 0.15) is 135 Å². The molecule has 39 heteroatoms. The van der Waals surface area contributed by atoms with Gasteiger partial charge in [-0.2, -0.15) is 0 Å². The highest BCUT2D eigenvalue weighted by Crippen LogP contribution is 2.22. The van der Waals surface area contributed by atoms with Crippen LogP contribution in [0.3, 0.4) is 0 Å². The van der Waals surface area contributed by atoms with Gasteiger partial charge in [-0.3, -0.25) is 67.3 Å². The van der Waals surface area contributed by atoms with Gasteiger partial charge in [0.15, 0.2) is 5.96 Å². The molecule has 3 rings (SSSR count). The van der Waals surface area contributed by atoms with Crippen molar-refractivity contribution in [3.63, 3.8) is 0 Å². The number of aliphatic hydroxyl groups is 2. The maximum absolute atomic E-state index is 14.5. The summed E-state index contributed by atoms with van der Waals surface area (Å²) >= 11 is 0. The Morgan fingerprint density at radius 1 is 0.582 bits per heavy atom. The summed E-state index contributed by atoms with van der Waals surface area (Å²) in [7, 11) is 0. The van der Waals surface area contributed by atoms with Crippen LogP contribution in [0.15, 0.2) is 17.5 Å². The first-order valence-electron chi connectivity index (χ1n) is 32.8. The molecule has 0 aromatic carbocycles. The highest BCUT2D eigenvalue weighted by Gasteiger charge is 2.41. The Morgan fingerprint density at radius 3 is 1.52 bits per heavy atom. The van der Waals surface area contributed by atoms with E-state index in [0.29, 0.717) is 70.2 Å². The Balaban J connectivity index is 1.82. The average molecular weight is 1390 g/mol. The fourth-order valence-electron chi connectivity index (χ4n) is 10.6. The minimum absolute atomic E-state index is 0.0144. The van der Waals surface area contributed by atoms with E-state index in [1.165, 1.54) is 17.4 Å². The smallest absolute Gasteiger partial charge is 0.326 e. The SMILES string of the molecule is C[C@H](NC(=O)[C@@H](NC(=O)[C@H](CCCN=C(N)N)NC(=O)[C@H](CCCCN)NC(=O)[C@H](CCCCN)NC(=O)[C@H](CCCCN)NC(=O)[C@@H]1CCCN1C(=O)[C@@H]1CCCN1)[C@@H](C)O)C(=O)N[C@@H](CC(=O)O)C(=O)N[C@@H](CO)C(=O)N[C@@H](CCC(N)=O)C(=O)N[C@@H](Cc1cnc[nH]1)C(=O)O. The van der Waals surface area contributed by atoms with E-state index >= 15 is 0 Å². The van der Waals surface area contributed by atoms with Gasteiger partial charge < -0.3 is 123 Å². The summed E-state index contributed by atoms with van der Waals surface area (Å²) in [5.41, 5.74) is 34.0. The van der Waals surface area contributed by atoms with E-state index < -0.39 is 181 Å². The second kappa shape index (κ2) is 43.9. The van der Waals surface area contributed by atoms with Gasteiger partial charge in [-0.05, 0) is 143 Å². The summed E-state index contributed by atoms with van der Waals surface area (Å²) < 4.78 is 0. The molecule has 12 amide bonds. The van der Waals surface area contributed by atoms with Crippen LogP contribution in [0, 0.1) is 0 Å². The predicted octanol–water partition coefficient (Wildman–Crippen LogP) is -8.80. The summed E-state index contributed by atoms with van der Waals surface area (Å²) in [6, 6.07) is -17.6. The number of hydrogen-bond acceptors (Lipinski definition) is 22. The van der Waals surface area contributed by atoms with Gasteiger partial charge in [0.1, 0.15) is 66.5 Å². The molecule has 39 nitrogen and oxygen atoms in total. The second-order valence-electron chi connectivity index (χ2n) is 24.0. The number of amides is 12. The van der Waals surface area contributed by atoms with Crippen molar-refractivity contribution in [1.82, 2.24) is 73.4 Å². The number of unbranched alkanes of at least 4 members (excludes halogenated alkanes) is 3. The Bertz CT molecular complexity index is 2860. The summed E-state index contributed by atoms with van der Waals surface area (Å²) in [6.07, 6.45) is 2.92. The monoisotopic (exact) mass is 1390 g/mol. The molecule has 0 bridgehead atoms. The maximum Gasteiger partial charge on any atom is 0.326 e. The van der Waals surface area contributed by atoms with E-state index in [9.17, 15) is 87.5 Å². The number of nitrogens with zero attached hydrogens (tertiary/aromatic N) is 3. The second-order valence-corrected chi connectivity index (χ2v) is 24.0. The van der Waals surface area contributed by atoms with Crippen molar-refractivity contribution >= 4 is 88.8 Å². The van der Waals surface area contributed by atoms with Crippen LogP contribution in [-0.4, -0.2) is 249 Å². The van der Waals surface area contributed by atoms with Crippen molar-refractivity contribution in [3.8, 4) is 0 Å². The molecule has 13 atom stereocenters. The molecular formula is C59H101N21O18. The topological polar surface area (TPSA) is 653 Å². The summed E-state index contributed by atoms with van der Waals surface area (Å²) in [5, 5.41) is 67.7. The number of guanidine groups is 1. The van der Waals surface area contributed by atoms with Gasteiger partial charge in [0.25, 0.3) is 0 Å². The van der Waals surface area contributed by atoms with Gasteiger partial charge in [-0.1, -0.05) is 0 Å². The van der Waals surface area contributed by atoms with Crippen molar-refractivity contribution in [2.75, 3.05) is 45.9 Å². The van der Waals surface area contributed by atoms with Gasteiger partial charge >= 0.3 is 11.9 Å². The molecule has 550 valence electrons. The fourth-order valence-corrected chi connectivity index (χ4v) is 10.6. The van der Waals surface area contributed by atoms with Crippen molar-refractivity contribution in [2.45, 2.75) is 214 Å². The van der Waals surface area contributed by atoms with E-state index in [1.807, 2.05) is 5.32 Å². The first-order chi connectivity index (χ1) is 46.5. The maximum atomic E-state index is 14.5. The number of H-pyrrole nitrogens is 1. The molecule has 2 saturated heterocycles. The van der Waals surface area contributed by atoms with Crippen LogP contribution in [0.25, 0.3) is 0 Å². The van der Waals surface area contributed by atoms with Gasteiger partial charge in [-0.25, -0.2) is 9.78 Å². The van der Waals surface area contributed by atoms with Crippen LogP contribution >= 0.6 is 0 Å². The highest BCUT2D eigenvalue weighted by atomic mass is 16.4. The number of aromatic amines is 1. The summed E-state index contributed by atoms with van der Waals surface area (Å²) in [4.78, 5) is 200. The minimum Gasteiger partial charge on any atom is -0.481 e. The lowest BCUT2D eigenvalue weighted by Gasteiger charge is -2.29. The molecule has 0 saturated carbocycles. The van der Waals surface area contributed by atoms with Gasteiger partial charge in [0.2, 0.25) is 70.9 Å². The minimum atomic E-state index is -2.05. The molecule has 2 aliphatic rings. The molecule has 1 aromatic heterocycles. The number of hydrogen-bond donors (Lipinski definition) is 22. The number of aliphatic carboxylic acids is 2. The molecular weight excluding hydrogens is 1290 g/mol. The molecule has 3 heterocycles. The quantitative estimate of drug-likeness (QED) is 0.0164. The van der Waals surface area contributed by atoms with E-state index in [0.717, 1.165) is 20.3 Å². The molecule has 0 radical (unpaired) electrons. The van der Waals surface area contributed by atoms with Crippen LogP contribution in [-0.2, 0) is 73.5 Å². The van der Waals surface area contributed by atoms with Gasteiger partial charge in [0, 0.05) is 37.8 Å². The van der Waals surface area contributed by atoms with Crippen molar-refractivity contribution in [2.24, 2.45) is 39.4 Å². The Kier molecular flexibility index (Phi) is 37.2. The van der Waals surface area contributed by atoms with Crippen LogP contribution in [0.2, 0.25) is 0 Å². The van der Waals surface area contributed by atoms with E-state index in [-0.39, 0.29) is 83.0 Å². The number of carboxylic acids is 2. The number of imidazole rings is 1. The van der Waals surface area contributed by atoms with Crippen LogP contribution in [0.5, 0.6) is 0 Å². The Hall–Kier alpha value is -9.18. The number of carbonyl (C=O) groups is 14. The Labute approximate surface area is 565 Å². The van der Waals surface area contributed by atoms with Gasteiger partial charge in [-0.15, -0.1) is 0 Å². The molecule has 0 aliphatic carbocycles. The van der Waals surface area contributed by atoms with E-state index in [1.54, 1.807) is 0 Å². The number of likely N-dealkylation sites (tertiary alicyclic amines) is 1. The number of nitrogens with one attached hydrogen (secondary N) is 12. The first kappa shape index (κ1) is 83.0. The van der Waals surface area contributed by atoms with Crippen LogP contribution in [0.4, 0.5) is 0 Å². The number of rotatable bonds is 47. The standard InChI is InChI=1S/C59H101N21O18/c1-31(47(86)76-40(27-45(84)85)53(92)78-42(29-81)54(93)74-38(18-19-44(63)83)51(90)77-41(58(97)98)26-33-28-66-30-69-33)70-56(95)46(32(2)82)79-52(91)37(15-9-24-68-59(64)65)73-49(88)35(13-4-7-21-61)71-48(87)34(12-3-6-20-60)72-50(89)36(14-5-8-22-62)75-55(94)43-17-11-25-80(43)57(96)39-16-10-23-67-39/h28,30-32,34-43,46,67,81-82H,3-27,29,60-62H2,1-2H3,(H2,63,83)(H,66,69)(H,70,95)(H,71,87)(H,72,89)(H,73,88)(H,74,93)(H,75,94)(H,76,86)(H,77,90)(H,78,92)(H,79,91)(H,84,85)(H,97,98)(H4,64,65,68)/t31-,32+,34-,35-,36-,37-,38-,39-,40-,41-,42-,43-,46-/m0/s1. The molecule has 98 heavy (non-hydrogen) atoms. The number of aliphatic imine (C=N–C) groups is 1. The Morgan fingerprint density at radius 2 is 1.06 bits per heavy atom. The van der Waals surface area contributed by atoms with Crippen molar-refractivity contribution < 1.29 is 87.5 Å². The first-order valence-corrected chi connectivity index (χ1v) is 32.8. The summed E-state index contributed by atoms with van der Waals surface area (Å²) in [6.45, 7) is 2.62. The lowest BCUT2D eigenvalue weighted by atomic mass is 10.0. The third-order valence-corrected chi connectivity index (χ3v) is 16.1. The zero-order valence-electron chi connectivity index (χ0n) is 55.4. The zero-order valence-corrected chi connectivity index (χ0v) is 55.4. The molecule has 0 spiro atoms. The third kappa shape index (κ3) is 29.3. The van der Waals surface area contributed by atoms with Gasteiger partial charge in [0.05, 0.1) is 31.5 Å². The lowest BCUT2D eigenvalue weighted by molar-refractivity contribution is -0.142. The number of aliphatic hydroxyl groups excluding tert-OH is 2. The van der Waals surface area contributed by atoms with Crippen molar-refractivity contribution in [3.05, 3.63) is 18.2 Å².